The van der Waals surface area contributed by atoms with Crippen LogP contribution in [0.5, 0.6) is 17.2 Å². The molecule has 0 aliphatic carbocycles. The van der Waals surface area contributed by atoms with Crippen LogP contribution in [-0.4, -0.2) is 45.7 Å². The van der Waals surface area contributed by atoms with Crippen LogP contribution in [0.15, 0.2) is 36.4 Å². The third-order valence-corrected chi connectivity index (χ3v) is 4.11. The predicted molar refractivity (Wildman–Crippen MR) is 98.2 cm³/mol. The van der Waals surface area contributed by atoms with Crippen LogP contribution < -0.4 is 14.2 Å². The Balaban J connectivity index is 2.11. The topological polar surface area (TPSA) is 48.0 Å². The van der Waals surface area contributed by atoms with Crippen molar-refractivity contribution >= 4 is 17.5 Å². The first kappa shape index (κ1) is 18.9. The Bertz CT molecular complexity index is 723. The van der Waals surface area contributed by atoms with E-state index in [0.717, 1.165) is 5.56 Å². The minimum absolute atomic E-state index is 0.0741. The monoisotopic (exact) mass is 363 g/mol. The van der Waals surface area contributed by atoms with Crippen molar-refractivity contribution in [3.8, 4) is 17.2 Å². The van der Waals surface area contributed by atoms with Gasteiger partial charge >= 0.3 is 0 Å². The fourth-order valence-electron chi connectivity index (χ4n) is 2.52. The van der Waals surface area contributed by atoms with Crippen molar-refractivity contribution in [3.05, 3.63) is 52.5 Å². The lowest BCUT2D eigenvalue weighted by Gasteiger charge is -2.19. The van der Waals surface area contributed by atoms with Gasteiger partial charge in [0.1, 0.15) is 0 Å². The van der Waals surface area contributed by atoms with Crippen molar-refractivity contribution in [1.82, 2.24) is 4.90 Å². The fraction of sp³-hybridized carbons (Fsp3) is 0.316. The summed E-state index contributed by atoms with van der Waals surface area (Å²) < 4.78 is 16.0. The number of carbonyl (C=O) groups excluding carboxylic acids is 1. The molecule has 134 valence electrons. The summed E-state index contributed by atoms with van der Waals surface area (Å²) in [7, 11) is 6.49. The van der Waals surface area contributed by atoms with Crippen LogP contribution in [0.4, 0.5) is 0 Å². The number of rotatable bonds is 7. The second-order valence-corrected chi connectivity index (χ2v) is 5.96. The standard InChI is InChI=1S/C19H22ClNO4/c1-21(19(22)14-6-5-7-15(20)12-14)9-8-13-10-16(23-2)18(25-4)17(11-13)24-3/h5-7,10-12H,8-9H2,1-4H3. The van der Waals surface area contributed by atoms with Crippen molar-refractivity contribution in [2.24, 2.45) is 0 Å². The third kappa shape index (κ3) is 4.57. The van der Waals surface area contributed by atoms with E-state index >= 15 is 0 Å². The molecule has 0 N–H and O–H groups in total. The van der Waals surface area contributed by atoms with E-state index in [0.29, 0.717) is 40.8 Å². The van der Waals surface area contributed by atoms with Crippen LogP contribution in [0.25, 0.3) is 0 Å². The van der Waals surface area contributed by atoms with Gasteiger partial charge in [0.05, 0.1) is 21.3 Å². The Morgan fingerprint density at radius 3 is 2.20 bits per heavy atom. The average molecular weight is 364 g/mol. The molecule has 6 heteroatoms. The van der Waals surface area contributed by atoms with E-state index in [-0.39, 0.29) is 5.91 Å². The fourth-order valence-corrected chi connectivity index (χ4v) is 2.71. The molecule has 0 aliphatic heterocycles. The van der Waals surface area contributed by atoms with Crippen molar-refractivity contribution in [2.75, 3.05) is 34.9 Å². The molecule has 25 heavy (non-hydrogen) atoms. The van der Waals surface area contributed by atoms with Crippen molar-refractivity contribution in [1.29, 1.82) is 0 Å². The molecule has 0 saturated heterocycles. The number of benzene rings is 2. The number of halogens is 1. The SMILES string of the molecule is COc1cc(CCN(C)C(=O)c2cccc(Cl)c2)cc(OC)c1OC. The summed E-state index contributed by atoms with van der Waals surface area (Å²) >= 11 is 5.95. The van der Waals surface area contributed by atoms with Crippen LogP contribution >= 0.6 is 11.6 Å². The minimum atomic E-state index is -0.0741. The van der Waals surface area contributed by atoms with E-state index in [1.54, 1.807) is 57.5 Å². The molecule has 5 nitrogen and oxygen atoms in total. The lowest BCUT2D eigenvalue weighted by atomic mass is 10.1. The number of hydrogen-bond acceptors (Lipinski definition) is 4. The molecule has 0 aromatic heterocycles. The van der Waals surface area contributed by atoms with Gasteiger partial charge in [-0.2, -0.15) is 0 Å². The van der Waals surface area contributed by atoms with Crippen LogP contribution in [0.3, 0.4) is 0 Å². The quantitative estimate of drug-likeness (QED) is 0.753. The van der Waals surface area contributed by atoms with Crippen molar-refractivity contribution in [3.63, 3.8) is 0 Å². The first-order valence-electron chi connectivity index (χ1n) is 7.80. The highest BCUT2D eigenvalue weighted by atomic mass is 35.5. The van der Waals surface area contributed by atoms with Gasteiger partial charge in [-0.3, -0.25) is 4.79 Å². The number of hydrogen-bond donors (Lipinski definition) is 0. The molecule has 0 bridgehead atoms. The van der Waals surface area contributed by atoms with Gasteiger partial charge in [0.15, 0.2) is 11.5 Å². The molecule has 2 rings (SSSR count). The van der Waals surface area contributed by atoms with Crippen molar-refractivity contribution in [2.45, 2.75) is 6.42 Å². The summed E-state index contributed by atoms with van der Waals surface area (Å²) in [5.74, 6) is 1.67. The summed E-state index contributed by atoms with van der Waals surface area (Å²) in [6.45, 7) is 0.546. The highest BCUT2D eigenvalue weighted by Gasteiger charge is 2.15. The maximum atomic E-state index is 12.5. The highest BCUT2D eigenvalue weighted by molar-refractivity contribution is 6.30. The lowest BCUT2D eigenvalue weighted by Crippen LogP contribution is -2.28. The number of ether oxygens (including phenoxy) is 3. The van der Waals surface area contributed by atoms with Crippen LogP contribution in [-0.2, 0) is 6.42 Å². The average Bonchev–Trinajstić information content (AvgIpc) is 2.64. The highest BCUT2D eigenvalue weighted by Crippen LogP contribution is 2.38. The molecule has 0 saturated carbocycles. The molecule has 0 aliphatic rings. The van der Waals surface area contributed by atoms with Gasteiger partial charge < -0.3 is 19.1 Å². The second kappa shape index (κ2) is 8.62. The molecule has 0 heterocycles. The largest absolute Gasteiger partial charge is 0.493 e. The maximum Gasteiger partial charge on any atom is 0.253 e. The van der Waals surface area contributed by atoms with Crippen LogP contribution in [0.1, 0.15) is 15.9 Å². The summed E-state index contributed by atoms with van der Waals surface area (Å²) in [6, 6.07) is 10.7. The Kier molecular flexibility index (Phi) is 6.53. The summed E-state index contributed by atoms with van der Waals surface area (Å²) in [6.07, 6.45) is 0.652. The third-order valence-electron chi connectivity index (χ3n) is 3.88. The molecule has 2 aromatic rings. The van der Waals surface area contributed by atoms with E-state index in [4.69, 9.17) is 25.8 Å². The van der Waals surface area contributed by atoms with Gasteiger partial charge in [0, 0.05) is 24.2 Å². The molecule has 0 unspecified atom stereocenters. The lowest BCUT2D eigenvalue weighted by molar-refractivity contribution is 0.0796. The zero-order chi connectivity index (χ0) is 18.4. The Labute approximate surface area is 153 Å². The Morgan fingerprint density at radius 2 is 1.68 bits per heavy atom. The molecule has 0 fully saturated rings. The van der Waals surface area contributed by atoms with Crippen LogP contribution in [0, 0.1) is 0 Å². The Morgan fingerprint density at radius 1 is 1.04 bits per heavy atom. The van der Waals surface area contributed by atoms with Crippen molar-refractivity contribution < 1.29 is 19.0 Å². The van der Waals surface area contributed by atoms with Gasteiger partial charge in [0.25, 0.3) is 5.91 Å². The molecule has 2 aromatic carbocycles. The molecule has 0 spiro atoms. The van der Waals surface area contributed by atoms with E-state index in [1.807, 2.05) is 12.1 Å². The normalized spacial score (nSPS) is 10.3. The number of carbonyl (C=O) groups is 1. The summed E-state index contributed by atoms with van der Waals surface area (Å²) in [4.78, 5) is 14.1. The maximum absolute atomic E-state index is 12.5. The predicted octanol–water partition coefficient (Wildman–Crippen LogP) is 3.68. The molecular formula is C19H22ClNO4. The van der Waals surface area contributed by atoms with Gasteiger partial charge in [-0.25, -0.2) is 0 Å². The zero-order valence-corrected chi connectivity index (χ0v) is 15.6. The summed E-state index contributed by atoms with van der Waals surface area (Å²) in [5.41, 5.74) is 1.56. The van der Waals surface area contributed by atoms with E-state index < -0.39 is 0 Å². The van der Waals surface area contributed by atoms with Gasteiger partial charge in [-0.1, -0.05) is 17.7 Å². The number of methoxy groups -OCH3 is 3. The van der Waals surface area contributed by atoms with Crippen LogP contribution in [0.2, 0.25) is 5.02 Å². The first-order chi connectivity index (χ1) is 12.0. The first-order valence-corrected chi connectivity index (χ1v) is 8.17. The van der Waals surface area contributed by atoms with E-state index in [2.05, 4.69) is 0 Å². The summed E-state index contributed by atoms with van der Waals surface area (Å²) in [5, 5.41) is 0.545. The molecular weight excluding hydrogens is 342 g/mol. The second-order valence-electron chi connectivity index (χ2n) is 5.52. The van der Waals surface area contributed by atoms with E-state index in [9.17, 15) is 4.79 Å². The van der Waals surface area contributed by atoms with Gasteiger partial charge in [-0.05, 0) is 42.3 Å². The molecule has 1 amide bonds. The number of nitrogens with zero attached hydrogens (tertiary/aromatic N) is 1. The zero-order valence-electron chi connectivity index (χ0n) is 14.8. The number of likely N-dealkylation sites (N-methyl/N-ethyl adjacent to an activating group) is 1. The molecule has 0 atom stereocenters. The van der Waals surface area contributed by atoms with Gasteiger partial charge in [-0.15, -0.1) is 0 Å². The minimum Gasteiger partial charge on any atom is -0.493 e. The van der Waals surface area contributed by atoms with Gasteiger partial charge in [0.2, 0.25) is 5.75 Å². The Hall–Kier alpha value is -2.40. The smallest absolute Gasteiger partial charge is 0.253 e. The van der Waals surface area contributed by atoms with E-state index in [1.165, 1.54) is 0 Å². The molecule has 0 radical (unpaired) electrons. The number of amides is 1.